The van der Waals surface area contributed by atoms with Gasteiger partial charge in [-0.05, 0) is 50.3 Å². The van der Waals surface area contributed by atoms with Crippen molar-refractivity contribution in [3.8, 4) is 6.07 Å². The summed E-state index contributed by atoms with van der Waals surface area (Å²) < 4.78 is 0. The topological polar surface area (TPSA) is 74.5 Å². The average molecular weight is 279 g/mol. The molecule has 0 atom stereocenters. The Kier molecular flexibility index (Phi) is 3.78. The number of aryl methyl sites for hydroxylation is 3. The Labute approximate surface area is 124 Å². The molecule has 3 rings (SSSR count). The summed E-state index contributed by atoms with van der Waals surface area (Å²) >= 11 is 0. The van der Waals surface area contributed by atoms with Gasteiger partial charge in [0.05, 0.1) is 17.8 Å². The number of anilines is 1. The summed E-state index contributed by atoms with van der Waals surface area (Å²) in [5.41, 5.74) is 3.86. The smallest absolute Gasteiger partial charge is 0.144 e. The van der Waals surface area contributed by atoms with Crippen molar-refractivity contribution in [3.05, 3.63) is 46.7 Å². The van der Waals surface area contributed by atoms with E-state index in [0.29, 0.717) is 17.9 Å². The normalized spacial score (nSPS) is 13.3. The number of nitrogens with one attached hydrogen (secondary N) is 1. The number of nitriles is 1. The molecule has 0 amide bonds. The number of pyridine rings is 1. The van der Waals surface area contributed by atoms with E-state index in [2.05, 4.69) is 26.3 Å². The standard InChI is InChI=1S/C16H17N5/c1-11-18-7-6-14(20-11)10-19-16-13(9-17)8-12-4-2-3-5-15(12)21-16/h6-8H,2-5,10H2,1H3,(H,19,21). The molecule has 0 aliphatic heterocycles. The molecule has 2 heterocycles. The average Bonchev–Trinajstić information content (AvgIpc) is 2.52. The fourth-order valence-electron chi connectivity index (χ4n) is 2.63. The first-order chi connectivity index (χ1) is 10.3. The molecule has 0 fully saturated rings. The minimum atomic E-state index is 0.545. The molecule has 0 aromatic carbocycles. The lowest BCUT2D eigenvalue weighted by Gasteiger charge is -2.17. The molecule has 1 N–H and O–H groups in total. The van der Waals surface area contributed by atoms with Crippen molar-refractivity contribution in [1.82, 2.24) is 15.0 Å². The van der Waals surface area contributed by atoms with Crippen LogP contribution in [-0.4, -0.2) is 15.0 Å². The minimum absolute atomic E-state index is 0.545. The molecule has 21 heavy (non-hydrogen) atoms. The van der Waals surface area contributed by atoms with Gasteiger partial charge >= 0.3 is 0 Å². The molecule has 1 aliphatic carbocycles. The van der Waals surface area contributed by atoms with Crippen LogP contribution in [0.15, 0.2) is 18.3 Å². The van der Waals surface area contributed by atoms with Gasteiger partial charge in [-0.25, -0.2) is 15.0 Å². The Hall–Kier alpha value is -2.48. The van der Waals surface area contributed by atoms with Crippen molar-refractivity contribution in [3.63, 3.8) is 0 Å². The molecule has 106 valence electrons. The van der Waals surface area contributed by atoms with Crippen LogP contribution in [0.2, 0.25) is 0 Å². The molecule has 5 heteroatoms. The zero-order valence-electron chi connectivity index (χ0n) is 12.1. The highest BCUT2D eigenvalue weighted by Gasteiger charge is 2.15. The number of nitrogens with zero attached hydrogens (tertiary/aromatic N) is 4. The van der Waals surface area contributed by atoms with Crippen LogP contribution in [-0.2, 0) is 19.4 Å². The Balaban J connectivity index is 1.83. The van der Waals surface area contributed by atoms with Crippen molar-refractivity contribution in [2.24, 2.45) is 0 Å². The monoisotopic (exact) mass is 279 g/mol. The molecule has 2 aromatic rings. The van der Waals surface area contributed by atoms with Crippen molar-refractivity contribution in [1.29, 1.82) is 5.26 Å². The fourth-order valence-corrected chi connectivity index (χ4v) is 2.63. The third-order valence-electron chi connectivity index (χ3n) is 3.69. The Morgan fingerprint density at radius 1 is 1.29 bits per heavy atom. The van der Waals surface area contributed by atoms with Gasteiger partial charge in [0.25, 0.3) is 0 Å². The summed E-state index contributed by atoms with van der Waals surface area (Å²) in [6, 6.07) is 6.08. The lowest BCUT2D eigenvalue weighted by atomic mass is 9.95. The number of aromatic nitrogens is 3. The van der Waals surface area contributed by atoms with Crippen molar-refractivity contribution in [2.45, 2.75) is 39.2 Å². The van der Waals surface area contributed by atoms with Crippen molar-refractivity contribution < 1.29 is 0 Å². The van der Waals surface area contributed by atoms with Crippen molar-refractivity contribution in [2.75, 3.05) is 5.32 Å². The van der Waals surface area contributed by atoms with E-state index >= 15 is 0 Å². The number of hydrogen-bond donors (Lipinski definition) is 1. The Morgan fingerprint density at radius 2 is 2.14 bits per heavy atom. The fraction of sp³-hybridized carbons (Fsp3) is 0.375. The van der Waals surface area contributed by atoms with Crippen LogP contribution < -0.4 is 5.32 Å². The number of rotatable bonds is 3. The van der Waals surface area contributed by atoms with E-state index in [1.54, 1.807) is 6.20 Å². The third-order valence-corrected chi connectivity index (χ3v) is 3.69. The van der Waals surface area contributed by atoms with Gasteiger partial charge in [0.2, 0.25) is 0 Å². The molecule has 0 spiro atoms. The van der Waals surface area contributed by atoms with Gasteiger partial charge in [-0.3, -0.25) is 0 Å². The van der Waals surface area contributed by atoms with E-state index in [0.717, 1.165) is 30.1 Å². The summed E-state index contributed by atoms with van der Waals surface area (Å²) in [4.78, 5) is 13.1. The molecule has 0 saturated heterocycles. The summed E-state index contributed by atoms with van der Waals surface area (Å²) in [5.74, 6) is 1.41. The van der Waals surface area contributed by atoms with Gasteiger partial charge in [-0.2, -0.15) is 5.26 Å². The van der Waals surface area contributed by atoms with Crippen LogP contribution in [0, 0.1) is 18.3 Å². The minimum Gasteiger partial charge on any atom is -0.363 e. The van der Waals surface area contributed by atoms with Crippen LogP contribution in [0.25, 0.3) is 0 Å². The molecule has 1 aliphatic rings. The summed E-state index contributed by atoms with van der Waals surface area (Å²) in [6.07, 6.45) is 6.14. The van der Waals surface area contributed by atoms with E-state index < -0.39 is 0 Å². The Morgan fingerprint density at radius 3 is 2.95 bits per heavy atom. The van der Waals surface area contributed by atoms with Crippen molar-refractivity contribution >= 4 is 5.82 Å². The van der Waals surface area contributed by atoms with Crippen LogP contribution in [0.4, 0.5) is 5.82 Å². The SMILES string of the molecule is Cc1nccc(CNc2nc3c(cc2C#N)CCCC3)n1. The molecule has 0 unspecified atom stereocenters. The molecule has 5 nitrogen and oxygen atoms in total. The van der Waals surface area contributed by atoms with Crippen LogP contribution in [0.1, 0.15) is 41.2 Å². The van der Waals surface area contributed by atoms with Crippen LogP contribution in [0.3, 0.4) is 0 Å². The maximum Gasteiger partial charge on any atom is 0.144 e. The second-order valence-electron chi connectivity index (χ2n) is 5.26. The highest BCUT2D eigenvalue weighted by molar-refractivity contribution is 5.54. The summed E-state index contributed by atoms with van der Waals surface area (Å²) in [5, 5.41) is 12.5. The second kappa shape index (κ2) is 5.88. The number of fused-ring (bicyclic) bond motifs is 1. The van der Waals surface area contributed by atoms with Crippen LogP contribution in [0.5, 0.6) is 0 Å². The van der Waals surface area contributed by atoms with Crippen LogP contribution >= 0.6 is 0 Å². The first-order valence-electron chi connectivity index (χ1n) is 7.21. The maximum absolute atomic E-state index is 9.31. The van der Waals surface area contributed by atoms with Gasteiger partial charge in [-0.1, -0.05) is 0 Å². The predicted octanol–water partition coefficient (Wildman–Crippen LogP) is 2.54. The van der Waals surface area contributed by atoms with E-state index in [1.165, 1.54) is 18.4 Å². The quantitative estimate of drug-likeness (QED) is 0.934. The Bertz CT molecular complexity index is 702. The molecule has 2 aromatic heterocycles. The lowest BCUT2D eigenvalue weighted by molar-refractivity contribution is 0.668. The summed E-state index contributed by atoms with van der Waals surface area (Å²) in [6.45, 7) is 2.41. The van der Waals surface area contributed by atoms with Gasteiger partial charge in [0.1, 0.15) is 17.7 Å². The van der Waals surface area contributed by atoms with Gasteiger partial charge < -0.3 is 5.32 Å². The van der Waals surface area contributed by atoms with Gasteiger partial charge in [0.15, 0.2) is 0 Å². The van der Waals surface area contributed by atoms with E-state index in [1.807, 2.05) is 19.1 Å². The summed E-state index contributed by atoms with van der Waals surface area (Å²) in [7, 11) is 0. The van der Waals surface area contributed by atoms with E-state index in [-0.39, 0.29) is 0 Å². The van der Waals surface area contributed by atoms with E-state index in [4.69, 9.17) is 0 Å². The van der Waals surface area contributed by atoms with E-state index in [9.17, 15) is 5.26 Å². The molecule has 0 saturated carbocycles. The zero-order valence-corrected chi connectivity index (χ0v) is 12.1. The first-order valence-corrected chi connectivity index (χ1v) is 7.21. The lowest BCUT2D eigenvalue weighted by Crippen LogP contribution is -2.11. The molecular formula is C16H17N5. The second-order valence-corrected chi connectivity index (χ2v) is 5.26. The predicted molar refractivity (Wildman–Crippen MR) is 79.7 cm³/mol. The molecule has 0 bridgehead atoms. The van der Waals surface area contributed by atoms with Gasteiger partial charge in [0, 0.05) is 11.9 Å². The highest BCUT2D eigenvalue weighted by atomic mass is 15.0. The largest absolute Gasteiger partial charge is 0.363 e. The third kappa shape index (κ3) is 3.00. The zero-order chi connectivity index (χ0) is 14.7. The maximum atomic E-state index is 9.31. The van der Waals surface area contributed by atoms with Gasteiger partial charge in [-0.15, -0.1) is 0 Å². The molecular weight excluding hydrogens is 262 g/mol. The highest BCUT2D eigenvalue weighted by Crippen LogP contribution is 2.24. The molecule has 0 radical (unpaired) electrons. The first kappa shape index (κ1) is 13.5. The number of hydrogen-bond acceptors (Lipinski definition) is 5.